The second-order valence-electron chi connectivity index (χ2n) is 7.70. The third kappa shape index (κ3) is 4.19. The molecular weight excluding hydrogens is 462 g/mol. The molecule has 1 aliphatic heterocycles. The summed E-state index contributed by atoms with van der Waals surface area (Å²) >= 11 is 7.14. The Morgan fingerprint density at radius 2 is 1.82 bits per heavy atom. The maximum Gasteiger partial charge on any atom is 0.293 e. The van der Waals surface area contributed by atoms with E-state index in [1.807, 2.05) is 45.0 Å². The van der Waals surface area contributed by atoms with Gasteiger partial charge in [-0.25, -0.2) is 0 Å². The van der Waals surface area contributed by atoms with Crippen LogP contribution in [0.15, 0.2) is 53.4 Å². The summed E-state index contributed by atoms with van der Waals surface area (Å²) in [4.78, 5) is 37.7. The molecular formula is C24H20ClN3O4S. The Balaban J connectivity index is 1.66. The summed E-state index contributed by atoms with van der Waals surface area (Å²) in [5.41, 5.74) is 4.75. The van der Waals surface area contributed by atoms with Gasteiger partial charge in [0, 0.05) is 33.7 Å². The van der Waals surface area contributed by atoms with Crippen LogP contribution in [0.2, 0.25) is 5.02 Å². The molecule has 0 N–H and O–H groups in total. The van der Waals surface area contributed by atoms with Crippen molar-refractivity contribution in [2.75, 3.05) is 0 Å². The van der Waals surface area contributed by atoms with E-state index in [-0.39, 0.29) is 17.1 Å². The number of nitro groups is 1. The second kappa shape index (κ2) is 8.88. The number of imide groups is 1. The Hall–Kier alpha value is -3.36. The molecule has 0 saturated carbocycles. The number of benzene rings is 2. The predicted octanol–water partition coefficient (Wildman–Crippen LogP) is 6.20. The molecule has 0 radical (unpaired) electrons. The van der Waals surface area contributed by atoms with Gasteiger partial charge in [0.1, 0.15) is 0 Å². The molecule has 1 saturated heterocycles. The Morgan fingerprint density at radius 3 is 2.55 bits per heavy atom. The average Bonchev–Trinajstić information content (AvgIpc) is 3.20. The van der Waals surface area contributed by atoms with Crippen molar-refractivity contribution in [3.8, 4) is 5.69 Å². The standard InChI is InChI=1S/C24H20ClN3O4S/c1-14-11-18(16(3)27(14)20-10-6-8-19(25)15(20)2)12-22-23(29)26(24(30)33-22)13-17-7-4-5-9-21(17)28(31)32/h4-12H,13H2,1-3H3/b22-12-. The van der Waals surface area contributed by atoms with Gasteiger partial charge in [0.25, 0.3) is 16.8 Å². The molecule has 7 nitrogen and oxygen atoms in total. The molecule has 9 heteroatoms. The smallest absolute Gasteiger partial charge is 0.293 e. The molecule has 4 rings (SSSR count). The summed E-state index contributed by atoms with van der Waals surface area (Å²) < 4.78 is 2.06. The van der Waals surface area contributed by atoms with E-state index >= 15 is 0 Å². The maximum atomic E-state index is 13.0. The van der Waals surface area contributed by atoms with Crippen LogP contribution in [-0.4, -0.2) is 25.5 Å². The van der Waals surface area contributed by atoms with Crippen molar-refractivity contribution in [1.29, 1.82) is 0 Å². The van der Waals surface area contributed by atoms with E-state index < -0.39 is 16.1 Å². The van der Waals surface area contributed by atoms with E-state index in [1.54, 1.807) is 24.3 Å². The van der Waals surface area contributed by atoms with Crippen LogP contribution < -0.4 is 0 Å². The van der Waals surface area contributed by atoms with Gasteiger partial charge in [-0.05, 0) is 67.9 Å². The molecule has 1 aliphatic rings. The quantitative estimate of drug-likeness (QED) is 0.246. The minimum absolute atomic E-state index is 0.124. The highest BCUT2D eigenvalue weighted by Crippen LogP contribution is 2.36. The van der Waals surface area contributed by atoms with Crippen LogP contribution in [0.3, 0.4) is 0 Å². The highest BCUT2D eigenvalue weighted by molar-refractivity contribution is 8.18. The molecule has 0 aliphatic carbocycles. The fourth-order valence-corrected chi connectivity index (χ4v) is 4.91. The number of carbonyl (C=O) groups is 2. The number of thioether (sulfide) groups is 1. The topological polar surface area (TPSA) is 85.4 Å². The molecule has 1 fully saturated rings. The van der Waals surface area contributed by atoms with Crippen molar-refractivity contribution in [2.45, 2.75) is 27.3 Å². The number of hydrogen-bond acceptors (Lipinski definition) is 5. The largest absolute Gasteiger partial charge is 0.318 e. The van der Waals surface area contributed by atoms with Crippen molar-refractivity contribution in [3.63, 3.8) is 0 Å². The normalized spacial score (nSPS) is 15.0. The summed E-state index contributed by atoms with van der Waals surface area (Å²) in [6.45, 7) is 5.70. The van der Waals surface area contributed by atoms with Gasteiger partial charge < -0.3 is 4.57 Å². The minimum atomic E-state index is -0.517. The lowest BCUT2D eigenvalue weighted by molar-refractivity contribution is -0.385. The lowest BCUT2D eigenvalue weighted by atomic mass is 10.1. The van der Waals surface area contributed by atoms with E-state index in [0.29, 0.717) is 10.6 Å². The van der Waals surface area contributed by atoms with Gasteiger partial charge in [-0.2, -0.15) is 0 Å². The van der Waals surface area contributed by atoms with Crippen molar-refractivity contribution in [2.24, 2.45) is 0 Å². The van der Waals surface area contributed by atoms with Crippen LogP contribution in [0.5, 0.6) is 0 Å². The Kier molecular flexibility index (Phi) is 6.14. The lowest BCUT2D eigenvalue weighted by Gasteiger charge is -2.13. The molecule has 2 amide bonds. The van der Waals surface area contributed by atoms with Gasteiger partial charge in [-0.1, -0.05) is 35.9 Å². The summed E-state index contributed by atoms with van der Waals surface area (Å²) in [5, 5.41) is 11.5. The fourth-order valence-electron chi connectivity index (χ4n) is 3.91. The van der Waals surface area contributed by atoms with E-state index in [0.717, 1.165) is 44.9 Å². The number of nitrogens with zero attached hydrogens (tertiary/aromatic N) is 3. The number of carbonyl (C=O) groups excluding carboxylic acids is 2. The second-order valence-corrected chi connectivity index (χ2v) is 9.10. The third-order valence-electron chi connectivity index (χ3n) is 5.63. The highest BCUT2D eigenvalue weighted by Gasteiger charge is 2.36. The number of aromatic nitrogens is 1. The number of aryl methyl sites for hydroxylation is 1. The van der Waals surface area contributed by atoms with Crippen LogP contribution in [0, 0.1) is 30.9 Å². The molecule has 0 atom stereocenters. The van der Waals surface area contributed by atoms with E-state index in [1.165, 1.54) is 6.07 Å². The summed E-state index contributed by atoms with van der Waals surface area (Å²) in [7, 11) is 0. The molecule has 0 bridgehead atoms. The third-order valence-corrected chi connectivity index (χ3v) is 6.94. The molecule has 3 aromatic rings. The monoisotopic (exact) mass is 481 g/mol. The Morgan fingerprint density at radius 1 is 1.09 bits per heavy atom. The molecule has 33 heavy (non-hydrogen) atoms. The number of rotatable bonds is 5. The van der Waals surface area contributed by atoms with Gasteiger partial charge in [0.2, 0.25) is 0 Å². The lowest BCUT2D eigenvalue weighted by Crippen LogP contribution is -2.27. The number of hydrogen-bond donors (Lipinski definition) is 0. The van der Waals surface area contributed by atoms with Crippen LogP contribution in [0.4, 0.5) is 10.5 Å². The summed E-state index contributed by atoms with van der Waals surface area (Å²) in [6, 6.07) is 13.7. The molecule has 0 unspecified atom stereocenters. The Labute approximate surface area is 199 Å². The molecule has 2 aromatic carbocycles. The predicted molar refractivity (Wildman–Crippen MR) is 130 cm³/mol. The maximum absolute atomic E-state index is 13.0. The first-order valence-electron chi connectivity index (χ1n) is 10.1. The van der Waals surface area contributed by atoms with E-state index in [4.69, 9.17) is 11.6 Å². The Bertz CT molecular complexity index is 1350. The SMILES string of the molecule is Cc1c(Cl)cccc1-n1c(C)cc(/C=C2\SC(=O)N(Cc3ccccc3[N+](=O)[O-])C2=O)c1C. The first-order valence-corrected chi connectivity index (χ1v) is 11.3. The van der Waals surface area contributed by atoms with Crippen molar-refractivity contribution in [1.82, 2.24) is 9.47 Å². The number of para-hydroxylation sites is 1. The first kappa shape index (κ1) is 22.8. The highest BCUT2D eigenvalue weighted by atomic mass is 35.5. The van der Waals surface area contributed by atoms with Crippen LogP contribution in [-0.2, 0) is 11.3 Å². The number of amides is 2. The van der Waals surface area contributed by atoms with Gasteiger partial charge in [0.05, 0.1) is 16.4 Å². The van der Waals surface area contributed by atoms with Crippen LogP contribution in [0.25, 0.3) is 11.8 Å². The number of halogens is 1. The van der Waals surface area contributed by atoms with Crippen LogP contribution >= 0.6 is 23.4 Å². The first-order chi connectivity index (χ1) is 15.7. The van der Waals surface area contributed by atoms with Gasteiger partial charge >= 0.3 is 0 Å². The summed E-state index contributed by atoms with van der Waals surface area (Å²) in [6.07, 6.45) is 1.70. The van der Waals surface area contributed by atoms with Crippen LogP contribution in [0.1, 0.15) is 28.1 Å². The molecule has 1 aromatic heterocycles. The molecule has 0 spiro atoms. The zero-order valence-electron chi connectivity index (χ0n) is 18.2. The zero-order chi connectivity index (χ0) is 23.9. The minimum Gasteiger partial charge on any atom is -0.318 e. The fraction of sp³-hybridized carbons (Fsp3) is 0.167. The van der Waals surface area contributed by atoms with Crippen molar-refractivity contribution in [3.05, 3.63) is 96.7 Å². The molecule has 168 valence electrons. The molecule has 2 heterocycles. The number of nitro benzene ring substituents is 1. The van der Waals surface area contributed by atoms with Gasteiger partial charge in [-0.15, -0.1) is 0 Å². The average molecular weight is 482 g/mol. The van der Waals surface area contributed by atoms with E-state index in [9.17, 15) is 19.7 Å². The van der Waals surface area contributed by atoms with E-state index in [2.05, 4.69) is 4.57 Å². The van der Waals surface area contributed by atoms with Gasteiger partial charge in [0.15, 0.2) is 0 Å². The zero-order valence-corrected chi connectivity index (χ0v) is 19.7. The summed E-state index contributed by atoms with van der Waals surface area (Å²) in [5.74, 6) is -0.466. The van der Waals surface area contributed by atoms with Crippen molar-refractivity contribution >= 4 is 46.3 Å². The van der Waals surface area contributed by atoms with Gasteiger partial charge in [-0.3, -0.25) is 24.6 Å². The van der Waals surface area contributed by atoms with Crippen molar-refractivity contribution < 1.29 is 14.5 Å².